The Morgan fingerprint density at radius 2 is 1.89 bits per heavy atom. The van der Waals surface area contributed by atoms with Crippen LogP contribution >= 0.6 is 0 Å². The number of hydrogen-bond acceptors (Lipinski definition) is 8. The molecule has 0 saturated carbocycles. The number of nitrogens with one attached hydrogen (secondary N) is 1. The molecule has 2 aromatic heterocycles. The second kappa shape index (κ2) is 11.6. The highest BCUT2D eigenvalue weighted by Crippen LogP contribution is 2.29. The number of rotatable bonds is 8. The number of aromatic nitrogens is 4. The molecule has 0 bridgehead atoms. The van der Waals surface area contributed by atoms with Gasteiger partial charge in [0.1, 0.15) is 17.7 Å². The molecule has 12 heteroatoms. The zero-order chi connectivity index (χ0) is 26.6. The predicted octanol–water partition coefficient (Wildman–Crippen LogP) is 3.42. The standard InChI is InChI=1S/C26H33F2N7O3/c1-17(25(36)34-10-6-5-7-18(34)16-37-2)29-26-31-21(33-11-13-38-14-12-33)15-22(32-26)35-20-9-4-3-8-19(20)30-24(35)23(27)28/h3-4,8-9,15,17-18,23H,5-7,10-14,16H2,1-2H3,(H,29,31,32)/t17-,18?/m0/s1. The molecule has 204 valence electrons. The van der Waals surface area contributed by atoms with Gasteiger partial charge in [-0.05, 0) is 38.3 Å². The molecule has 2 fully saturated rings. The van der Waals surface area contributed by atoms with Crippen molar-refractivity contribution in [1.82, 2.24) is 24.4 Å². The number of imidazole rings is 1. The lowest BCUT2D eigenvalue weighted by molar-refractivity contribution is -0.136. The molecule has 0 spiro atoms. The Morgan fingerprint density at radius 3 is 2.66 bits per heavy atom. The zero-order valence-electron chi connectivity index (χ0n) is 21.6. The van der Waals surface area contributed by atoms with Crippen LogP contribution in [0.5, 0.6) is 0 Å². The summed E-state index contributed by atoms with van der Waals surface area (Å²) >= 11 is 0. The number of carbonyl (C=O) groups excluding carboxylic acids is 1. The van der Waals surface area contributed by atoms with E-state index >= 15 is 0 Å². The summed E-state index contributed by atoms with van der Waals surface area (Å²) in [6, 6.07) is 8.03. The minimum atomic E-state index is -2.81. The summed E-state index contributed by atoms with van der Waals surface area (Å²) < 4.78 is 40.4. The van der Waals surface area contributed by atoms with Crippen LogP contribution in [0.3, 0.4) is 0 Å². The van der Waals surface area contributed by atoms with Gasteiger partial charge in [0, 0.05) is 32.8 Å². The molecule has 1 amide bonds. The van der Waals surface area contributed by atoms with Gasteiger partial charge in [0.2, 0.25) is 11.9 Å². The minimum Gasteiger partial charge on any atom is -0.383 e. The van der Waals surface area contributed by atoms with E-state index in [0.717, 1.165) is 19.3 Å². The third kappa shape index (κ3) is 5.41. The number of piperidine rings is 1. The van der Waals surface area contributed by atoms with E-state index in [-0.39, 0.29) is 23.7 Å². The molecule has 2 aliphatic rings. The summed E-state index contributed by atoms with van der Waals surface area (Å²) in [6.45, 7) is 5.18. The van der Waals surface area contributed by atoms with E-state index < -0.39 is 18.3 Å². The first-order chi connectivity index (χ1) is 18.5. The first kappa shape index (κ1) is 26.2. The van der Waals surface area contributed by atoms with Crippen LogP contribution in [0.4, 0.5) is 20.5 Å². The van der Waals surface area contributed by atoms with Crippen LogP contribution in [0, 0.1) is 0 Å². The van der Waals surface area contributed by atoms with Gasteiger partial charge in [-0.2, -0.15) is 9.97 Å². The molecule has 1 unspecified atom stereocenters. The van der Waals surface area contributed by atoms with E-state index in [1.54, 1.807) is 44.4 Å². The number of amides is 1. The number of halogens is 2. The summed E-state index contributed by atoms with van der Waals surface area (Å²) in [5.74, 6) is 0.526. The van der Waals surface area contributed by atoms with E-state index in [2.05, 4.69) is 20.3 Å². The third-order valence-corrected chi connectivity index (χ3v) is 7.03. The van der Waals surface area contributed by atoms with Gasteiger partial charge in [-0.3, -0.25) is 9.36 Å². The van der Waals surface area contributed by atoms with Gasteiger partial charge in [-0.1, -0.05) is 12.1 Å². The molecule has 0 radical (unpaired) electrons. The van der Waals surface area contributed by atoms with Crippen molar-refractivity contribution >= 4 is 28.7 Å². The van der Waals surface area contributed by atoms with Crippen molar-refractivity contribution in [3.8, 4) is 5.82 Å². The van der Waals surface area contributed by atoms with Crippen LogP contribution in [0.1, 0.15) is 38.4 Å². The number of alkyl halides is 2. The average Bonchev–Trinajstić information content (AvgIpc) is 3.34. The van der Waals surface area contributed by atoms with Crippen LogP contribution < -0.4 is 10.2 Å². The summed E-state index contributed by atoms with van der Waals surface area (Å²) in [5.41, 5.74) is 0.960. The second-order valence-corrected chi connectivity index (χ2v) is 9.60. The van der Waals surface area contributed by atoms with Crippen molar-refractivity contribution in [2.24, 2.45) is 0 Å². The molecule has 1 aromatic carbocycles. The Bertz CT molecular complexity index is 1260. The SMILES string of the molecule is COCC1CCCCN1C(=O)[C@H](C)Nc1nc(N2CCOCC2)cc(-n2c(C(F)F)nc3ccccc32)n1. The Labute approximate surface area is 219 Å². The molecular formula is C26H33F2N7O3. The number of likely N-dealkylation sites (tertiary alicyclic amines) is 1. The highest BCUT2D eigenvalue weighted by atomic mass is 19.3. The lowest BCUT2D eigenvalue weighted by atomic mass is 10.0. The minimum absolute atomic E-state index is 0.0209. The van der Waals surface area contributed by atoms with Crippen molar-refractivity contribution in [1.29, 1.82) is 0 Å². The van der Waals surface area contributed by atoms with Crippen molar-refractivity contribution in [2.45, 2.75) is 44.7 Å². The van der Waals surface area contributed by atoms with Gasteiger partial charge in [-0.15, -0.1) is 0 Å². The lowest BCUT2D eigenvalue weighted by Crippen LogP contribution is -2.51. The van der Waals surface area contributed by atoms with Crippen LogP contribution in [-0.2, 0) is 14.3 Å². The van der Waals surface area contributed by atoms with Crippen LogP contribution in [-0.4, -0.2) is 89.0 Å². The fourth-order valence-electron chi connectivity index (χ4n) is 5.15. The Balaban J connectivity index is 1.51. The fraction of sp³-hybridized carbons (Fsp3) is 0.538. The maximum atomic E-state index is 14.1. The molecule has 5 rings (SSSR count). The maximum absolute atomic E-state index is 14.1. The van der Waals surface area contributed by atoms with Gasteiger partial charge in [0.05, 0.1) is 36.9 Å². The highest BCUT2D eigenvalue weighted by Gasteiger charge is 2.30. The molecule has 2 atom stereocenters. The topological polar surface area (TPSA) is 97.6 Å². The van der Waals surface area contributed by atoms with E-state index in [1.165, 1.54) is 4.57 Å². The van der Waals surface area contributed by atoms with Gasteiger partial charge >= 0.3 is 0 Å². The monoisotopic (exact) mass is 529 g/mol. The van der Waals surface area contributed by atoms with Crippen molar-refractivity contribution in [3.63, 3.8) is 0 Å². The molecule has 1 N–H and O–H groups in total. The summed E-state index contributed by atoms with van der Waals surface area (Å²) in [6.07, 6.45) is 0.0800. The molecule has 38 heavy (non-hydrogen) atoms. The number of anilines is 2. The Morgan fingerprint density at radius 1 is 1.13 bits per heavy atom. The van der Waals surface area contributed by atoms with Gasteiger partial charge in [0.25, 0.3) is 6.43 Å². The molecule has 2 saturated heterocycles. The largest absolute Gasteiger partial charge is 0.383 e. The van der Waals surface area contributed by atoms with Crippen LogP contribution in [0.2, 0.25) is 0 Å². The smallest absolute Gasteiger partial charge is 0.296 e. The molecule has 10 nitrogen and oxygen atoms in total. The van der Waals surface area contributed by atoms with Crippen molar-refractivity contribution in [3.05, 3.63) is 36.2 Å². The number of fused-ring (bicyclic) bond motifs is 1. The number of hydrogen-bond donors (Lipinski definition) is 1. The number of carbonyl (C=O) groups is 1. The van der Waals surface area contributed by atoms with E-state index in [9.17, 15) is 13.6 Å². The Hall–Kier alpha value is -3.38. The van der Waals surface area contributed by atoms with Crippen molar-refractivity contribution < 1.29 is 23.0 Å². The second-order valence-electron chi connectivity index (χ2n) is 9.60. The first-order valence-electron chi connectivity index (χ1n) is 13.0. The normalized spacial score (nSPS) is 19.2. The predicted molar refractivity (Wildman–Crippen MR) is 139 cm³/mol. The fourth-order valence-corrected chi connectivity index (χ4v) is 5.15. The maximum Gasteiger partial charge on any atom is 0.296 e. The summed E-state index contributed by atoms with van der Waals surface area (Å²) in [4.78, 5) is 30.7. The lowest BCUT2D eigenvalue weighted by Gasteiger charge is -2.37. The molecule has 2 aliphatic heterocycles. The highest BCUT2D eigenvalue weighted by molar-refractivity contribution is 5.84. The molecule has 4 heterocycles. The summed E-state index contributed by atoms with van der Waals surface area (Å²) in [5, 5.41) is 3.15. The first-order valence-corrected chi connectivity index (χ1v) is 13.0. The van der Waals surface area contributed by atoms with Gasteiger partial charge in [0.15, 0.2) is 5.82 Å². The average molecular weight is 530 g/mol. The van der Waals surface area contributed by atoms with E-state index in [1.807, 2.05) is 9.80 Å². The number of nitrogens with zero attached hydrogens (tertiary/aromatic N) is 6. The molecule has 3 aromatic rings. The third-order valence-electron chi connectivity index (χ3n) is 7.03. The Kier molecular flexibility index (Phi) is 7.98. The zero-order valence-corrected chi connectivity index (χ0v) is 21.6. The quantitative estimate of drug-likeness (QED) is 0.474. The molecular weight excluding hydrogens is 496 g/mol. The van der Waals surface area contributed by atoms with E-state index in [0.29, 0.717) is 56.3 Å². The number of para-hydroxylation sites is 2. The van der Waals surface area contributed by atoms with Gasteiger partial charge < -0.3 is 24.6 Å². The summed E-state index contributed by atoms with van der Waals surface area (Å²) in [7, 11) is 1.64. The van der Waals surface area contributed by atoms with Gasteiger partial charge in [-0.25, -0.2) is 13.8 Å². The number of morpholine rings is 1. The molecule has 0 aliphatic carbocycles. The van der Waals surface area contributed by atoms with Crippen LogP contribution in [0.25, 0.3) is 16.9 Å². The number of ether oxygens (including phenoxy) is 2. The number of benzene rings is 1. The number of methoxy groups -OCH3 is 1. The van der Waals surface area contributed by atoms with Crippen LogP contribution in [0.15, 0.2) is 30.3 Å². The van der Waals surface area contributed by atoms with E-state index in [4.69, 9.17) is 9.47 Å². The van der Waals surface area contributed by atoms with Crippen molar-refractivity contribution in [2.75, 3.05) is 56.8 Å².